The number of rotatable bonds is 3. The Morgan fingerprint density at radius 2 is 2.35 bits per heavy atom. The second kappa shape index (κ2) is 4.86. The van der Waals surface area contributed by atoms with Crippen LogP contribution in [0.2, 0.25) is 0 Å². The van der Waals surface area contributed by atoms with Crippen LogP contribution in [0.1, 0.15) is 15.9 Å². The van der Waals surface area contributed by atoms with Gasteiger partial charge in [-0.25, -0.2) is 0 Å². The van der Waals surface area contributed by atoms with E-state index in [0.29, 0.717) is 17.9 Å². The van der Waals surface area contributed by atoms with E-state index in [0.717, 1.165) is 12.0 Å². The number of carbonyl (C=O) groups is 2. The summed E-state index contributed by atoms with van der Waals surface area (Å²) < 4.78 is 5.41. The molecule has 1 aromatic rings. The molecule has 1 aliphatic heterocycles. The minimum absolute atomic E-state index is 0.0332. The molecular formula is C12H14N2O3. The second-order valence-electron chi connectivity index (χ2n) is 3.75. The van der Waals surface area contributed by atoms with Crippen LogP contribution in [-0.4, -0.2) is 32.0 Å². The molecule has 5 heteroatoms. The average Bonchev–Trinajstić information content (AvgIpc) is 2.36. The van der Waals surface area contributed by atoms with Crippen molar-refractivity contribution < 1.29 is 14.3 Å². The third kappa shape index (κ3) is 2.38. The fraction of sp³-hybridized carbons (Fsp3) is 0.333. The number of fused-ring (bicyclic) bond motifs is 1. The van der Waals surface area contributed by atoms with Gasteiger partial charge in [-0.3, -0.25) is 9.59 Å². The topological polar surface area (TPSA) is 67.4 Å². The maximum absolute atomic E-state index is 11.6. The molecule has 0 saturated heterocycles. The zero-order chi connectivity index (χ0) is 12.3. The van der Waals surface area contributed by atoms with Gasteiger partial charge in [0.15, 0.2) is 6.61 Å². The smallest absolute Gasteiger partial charge is 0.257 e. The van der Waals surface area contributed by atoms with Crippen LogP contribution in [0.15, 0.2) is 18.2 Å². The summed E-state index contributed by atoms with van der Waals surface area (Å²) in [6, 6.07) is 5.29. The zero-order valence-corrected chi connectivity index (χ0v) is 9.58. The van der Waals surface area contributed by atoms with E-state index in [4.69, 9.17) is 4.74 Å². The lowest BCUT2D eigenvalue weighted by molar-refractivity contribution is -0.122. The number of ether oxygens (including phenoxy) is 1. The highest BCUT2D eigenvalue weighted by atomic mass is 16.5. The summed E-state index contributed by atoms with van der Waals surface area (Å²) in [4.78, 5) is 22.7. The molecule has 0 unspecified atom stereocenters. The molecule has 1 aliphatic rings. The summed E-state index contributed by atoms with van der Waals surface area (Å²) in [7, 11) is 1.56. The van der Waals surface area contributed by atoms with Gasteiger partial charge < -0.3 is 15.4 Å². The van der Waals surface area contributed by atoms with Gasteiger partial charge >= 0.3 is 0 Å². The average molecular weight is 234 g/mol. The number of amides is 2. The Bertz CT molecular complexity index is 457. The molecule has 2 N–H and O–H groups in total. The number of hydrogen-bond donors (Lipinski definition) is 2. The molecule has 0 aromatic heterocycles. The molecule has 5 nitrogen and oxygen atoms in total. The van der Waals surface area contributed by atoms with E-state index in [-0.39, 0.29) is 18.4 Å². The quantitative estimate of drug-likeness (QED) is 0.779. The minimum Gasteiger partial charge on any atom is -0.483 e. The summed E-state index contributed by atoms with van der Waals surface area (Å²) in [6.07, 6.45) is 0.727. The van der Waals surface area contributed by atoms with Crippen molar-refractivity contribution in [2.45, 2.75) is 6.42 Å². The highest BCUT2D eigenvalue weighted by molar-refractivity contribution is 5.97. The standard InChI is InChI=1S/C12H14N2O3/c1-13-11(15)7-17-10-4-2-3-9-8(10)5-6-14-12(9)16/h2-4H,5-7H2,1H3,(H,13,15)(H,14,16). The zero-order valence-electron chi connectivity index (χ0n) is 9.58. The molecule has 0 spiro atoms. The first-order valence-corrected chi connectivity index (χ1v) is 5.46. The Kier molecular flexibility index (Phi) is 3.27. The summed E-state index contributed by atoms with van der Waals surface area (Å²) >= 11 is 0. The van der Waals surface area contributed by atoms with Crippen LogP contribution < -0.4 is 15.4 Å². The van der Waals surface area contributed by atoms with Crippen LogP contribution in [-0.2, 0) is 11.2 Å². The maximum atomic E-state index is 11.6. The molecule has 0 saturated carbocycles. The first-order valence-electron chi connectivity index (χ1n) is 5.46. The van der Waals surface area contributed by atoms with E-state index in [2.05, 4.69) is 10.6 Å². The third-order valence-corrected chi connectivity index (χ3v) is 2.68. The van der Waals surface area contributed by atoms with Crippen LogP contribution in [0.3, 0.4) is 0 Å². The number of hydrogen-bond acceptors (Lipinski definition) is 3. The van der Waals surface area contributed by atoms with Crippen LogP contribution in [0.5, 0.6) is 5.75 Å². The Morgan fingerprint density at radius 3 is 3.12 bits per heavy atom. The Balaban J connectivity index is 2.20. The van der Waals surface area contributed by atoms with Crippen molar-refractivity contribution in [3.8, 4) is 5.75 Å². The summed E-state index contributed by atoms with van der Waals surface area (Å²) in [5, 5.41) is 5.25. The van der Waals surface area contributed by atoms with Crippen LogP contribution in [0.4, 0.5) is 0 Å². The van der Waals surface area contributed by atoms with E-state index in [1.807, 2.05) is 0 Å². The van der Waals surface area contributed by atoms with E-state index in [1.165, 1.54) is 0 Å². The van der Waals surface area contributed by atoms with Gasteiger partial charge in [-0.2, -0.15) is 0 Å². The van der Waals surface area contributed by atoms with Gasteiger partial charge in [0.2, 0.25) is 0 Å². The van der Waals surface area contributed by atoms with Gasteiger partial charge in [0.05, 0.1) is 0 Å². The lowest BCUT2D eigenvalue weighted by Gasteiger charge is -2.19. The molecule has 2 amide bonds. The van der Waals surface area contributed by atoms with Gasteiger partial charge in [0.1, 0.15) is 5.75 Å². The summed E-state index contributed by atoms with van der Waals surface area (Å²) in [5.74, 6) is 0.334. The summed E-state index contributed by atoms with van der Waals surface area (Å²) in [6.45, 7) is 0.570. The second-order valence-corrected chi connectivity index (χ2v) is 3.75. The number of carbonyl (C=O) groups excluding carboxylic acids is 2. The summed E-state index contributed by atoms with van der Waals surface area (Å²) in [5.41, 5.74) is 1.51. The first kappa shape index (κ1) is 11.4. The lowest BCUT2D eigenvalue weighted by atomic mass is 9.99. The SMILES string of the molecule is CNC(=O)COc1cccc2c1CCNC2=O. The van der Waals surface area contributed by atoms with Crippen LogP contribution in [0.25, 0.3) is 0 Å². The van der Waals surface area contributed by atoms with Crippen molar-refractivity contribution >= 4 is 11.8 Å². The van der Waals surface area contributed by atoms with Crippen molar-refractivity contribution in [3.63, 3.8) is 0 Å². The highest BCUT2D eigenvalue weighted by Gasteiger charge is 2.19. The molecule has 1 heterocycles. The van der Waals surface area contributed by atoms with Crippen molar-refractivity contribution in [1.82, 2.24) is 10.6 Å². The van der Waals surface area contributed by atoms with Crippen molar-refractivity contribution in [1.29, 1.82) is 0 Å². The molecule has 1 aromatic carbocycles. The first-order chi connectivity index (χ1) is 8.22. The van der Waals surface area contributed by atoms with E-state index < -0.39 is 0 Å². The Hall–Kier alpha value is -2.04. The van der Waals surface area contributed by atoms with Gasteiger partial charge in [0, 0.05) is 24.7 Å². The van der Waals surface area contributed by atoms with Crippen LogP contribution in [0, 0.1) is 0 Å². The Morgan fingerprint density at radius 1 is 1.53 bits per heavy atom. The Labute approximate surface area is 99.2 Å². The van der Waals surface area contributed by atoms with Gasteiger partial charge in [0.25, 0.3) is 11.8 Å². The molecule has 0 bridgehead atoms. The fourth-order valence-corrected chi connectivity index (χ4v) is 1.78. The van der Waals surface area contributed by atoms with Gasteiger partial charge in [-0.15, -0.1) is 0 Å². The van der Waals surface area contributed by atoms with Crippen molar-refractivity contribution in [3.05, 3.63) is 29.3 Å². The molecule has 0 radical (unpaired) electrons. The number of benzene rings is 1. The van der Waals surface area contributed by atoms with Crippen molar-refractivity contribution in [2.75, 3.05) is 20.2 Å². The highest BCUT2D eigenvalue weighted by Crippen LogP contribution is 2.25. The van der Waals surface area contributed by atoms with E-state index >= 15 is 0 Å². The molecular weight excluding hydrogens is 220 g/mol. The third-order valence-electron chi connectivity index (χ3n) is 2.68. The molecule has 0 atom stereocenters. The van der Waals surface area contributed by atoms with Crippen LogP contribution >= 0.6 is 0 Å². The molecule has 2 rings (SSSR count). The van der Waals surface area contributed by atoms with E-state index in [9.17, 15) is 9.59 Å². The lowest BCUT2D eigenvalue weighted by Crippen LogP contribution is -2.32. The maximum Gasteiger partial charge on any atom is 0.257 e. The normalized spacial score (nSPS) is 13.6. The fourth-order valence-electron chi connectivity index (χ4n) is 1.78. The number of likely N-dealkylation sites (N-methyl/N-ethyl adjacent to an activating group) is 1. The van der Waals surface area contributed by atoms with Gasteiger partial charge in [-0.1, -0.05) is 6.07 Å². The monoisotopic (exact) mass is 234 g/mol. The largest absolute Gasteiger partial charge is 0.483 e. The molecule has 0 aliphatic carbocycles. The van der Waals surface area contributed by atoms with Crippen molar-refractivity contribution in [2.24, 2.45) is 0 Å². The molecule has 90 valence electrons. The minimum atomic E-state index is -0.192. The number of nitrogens with one attached hydrogen (secondary N) is 2. The van der Waals surface area contributed by atoms with E-state index in [1.54, 1.807) is 25.2 Å². The molecule has 17 heavy (non-hydrogen) atoms. The van der Waals surface area contributed by atoms with Gasteiger partial charge in [-0.05, 0) is 18.6 Å². The predicted octanol–water partition coefficient (Wildman–Crippen LogP) is 0.0973. The molecule has 0 fully saturated rings. The predicted molar refractivity (Wildman–Crippen MR) is 62.0 cm³/mol.